The number of carbonyl (C=O) groups is 1. The second kappa shape index (κ2) is 5.34. The van der Waals surface area contributed by atoms with Gasteiger partial charge in [-0.2, -0.15) is 5.26 Å². The molecule has 0 spiro atoms. The van der Waals surface area contributed by atoms with Crippen LogP contribution in [0.4, 0.5) is 0 Å². The van der Waals surface area contributed by atoms with Gasteiger partial charge in [-0.1, -0.05) is 23.9 Å². The molecule has 0 amide bonds. The Morgan fingerprint density at radius 3 is 2.83 bits per heavy atom. The topological polar surface area (TPSA) is 74.0 Å². The Morgan fingerprint density at radius 2 is 2.11 bits per heavy atom. The molecule has 1 aromatic heterocycles. The lowest BCUT2D eigenvalue weighted by Gasteiger charge is -2.03. The Morgan fingerprint density at radius 1 is 1.33 bits per heavy atom. The number of carboxylic acids is 1. The molecule has 18 heavy (non-hydrogen) atoms. The van der Waals surface area contributed by atoms with Crippen LogP contribution in [0.5, 0.6) is 0 Å². The maximum atomic E-state index is 10.8. The van der Waals surface area contributed by atoms with Crippen molar-refractivity contribution in [1.29, 1.82) is 5.26 Å². The van der Waals surface area contributed by atoms with Gasteiger partial charge in [0, 0.05) is 16.0 Å². The van der Waals surface area contributed by atoms with Crippen LogP contribution in [-0.2, 0) is 0 Å². The Balaban J connectivity index is 2.32. The van der Waals surface area contributed by atoms with Gasteiger partial charge in [-0.3, -0.25) is 0 Å². The van der Waals surface area contributed by atoms with Crippen molar-refractivity contribution in [2.45, 2.75) is 9.79 Å². The molecular weight excluding hydrogens is 248 g/mol. The van der Waals surface area contributed by atoms with Crippen LogP contribution in [0, 0.1) is 11.3 Å². The number of carboxylic acid groups (broad SMARTS) is 1. The molecular formula is C13H8N2O2S. The highest BCUT2D eigenvalue weighted by Crippen LogP contribution is 2.30. The molecule has 1 aromatic carbocycles. The highest BCUT2D eigenvalue weighted by molar-refractivity contribution is 7.99. The molecule has 1 N–H and O–H groups in total. The molecule has 0 bridgehead atoms. The van der Waals surface area contributed by atoms with Crippen LogP contribution in [0.1, 0.15) is 16.1 Å². The molecule has 0 aliphatic rings. The van der Waals surface area contributed by atoms with Crippen molar-refractivity contribution in [3.05, 3.63) is 53.9 Å². The second-order valence-electron chi connectivity index (χ2n) is 3.39. The average molecular weight is 256 g/mol. The van der Waals surface area contributed by atoms with Crippen molar-refractivity contribution in [3.8, 4) is 6.07 Å². The first kappa shape index (κ1) is 12.1. The summed E-state index contributed by atoms with van der Waals surface area (Å²) in [5.41, 5.74) is 0.561. The number of hydrogen-bond donors (Lipinski definition) is 1. The number of benzene rings is 1. The SMILES string of the molecule is N#Cc1ccccc1Sc1ccnc(C(=O)O)c1. The molecule has 88 valence electrons. The van der Waals surface area contributed by atoms with Gasteiger partial charge in [-0.15, -0.1) is 0 Å². The predicted octanol–water partition coefficient (Wildman–Crippen LogP) is 2.80. The normalized spacial score (nSPS) is 9.72. The zero-order valence-electron chi connectivity index (χ0n) is 9.20. The lowest BCUT2D eigenvalue weighted by Crippen LogP contribution is -1.99. The van der Waals surface area contributed by atoms with Gasteiger partial charge >= 0.3 is 5.97 Å². The number of pyridine rings is 1. The molecule has 0 aliphatic heterocycles. The lowest BCUT2D eigenvalue weighted by atomic mass is 10.2. The van der Waals surface area contributed by atoms with Crippen LogP contribution in [0.3, 0.4) is 0 Å². The van der Waals surface area contributed by atoms with E-state index in [-0.39, 0.29) is 5.69 Å². The van der Waals surface area contributed by atoms with E-state index in [1.54, 1.807) is 18.2 Å². The Kier molecular flexibility index (Phi) is 3.60. The Bertz CT molecular complexity index is 635. The van der Waals surface area contributed by atoms with E-state index in [1.807, 2.05) is 12.1 Å². The van der Waals surface area contributed by atoms with Crippen LogP contribution in [-0.4, -0.2) is 16.1 Å². The number of rotatable bonds is 3. The van der Waals surface area contributed by atoms with Crippen LogP contribution < -0.4 is 0 Å². The minimum atomic E-state index is -1.06. The molecule has 0 saturated carbocycles. The van der Waals surface area contributed by atoms with E-state index in [4.69, 9.17) is 10.4 Å². The van der Waals surface area contributed by atoms with Crippen molar-refractivity contribution in [2.75, 3.05) is 0 Å². The number of aromatic nitrogens is 1. The second-order valence-corrected chi connectivity index (χ2v) is 4.51. The van der Waals surface area contributed by atoms with E-state index in [9.17, 15) is 4.79 Å². The molecule has 2 rings (SSSR count). The van der Waals surface area contributed by atoms with E-state index < -0.39 is 5.97 Å². The standard InChI is InChI=1S/C13H8N2O2S/c14-8-9-3-1-2-4-12(9)18-10-5-6-15-11(7-10)13(16)17/h1-7H,(H,16,17). The van der Waals surface area contributed by atoms with Crippen LogP contribution >= 0.6 is 11.8 Å². The molecule has 0 atom stereocenters. The maximum absolute atomic E-state index is 10.8. The third-order valence-corrected chi connectivity index (χ3v) is 3.25. The number of nitriles is 1. The summed E-state index contributed by atoms with van der Waals surface area (Å²) in [6.45, 7) is 0. The first-order valence-corrected chi connectivity index (χ1v) is 5.88. The van der Waals surface area contributed by atoms with E-state index in [2.05, 4.69) is 11.1 Å². The van der Waals surface area contributed by atoms with Gasteiger partial charge in [-0.05, 0) is 24.3 Å². The van der Waals surface area contributed by atoms with Crippen LogP contribution in [0.2, 0.25) is 0 Å². The minimum absolute atomic E-state index is 0.00515. The molecule has 4 nitrogen and oxygen atoms in total. The summed E-state index contributed by atoms with van der Waals surface area (Å²) in [7, 11) is 0. The van der Waals surface area contributed by atoms with Crippen molar-refractivity contribution >= 4 is 17.7 Å². The molecule has 0 aliphatic carbocycles. The summed E-state index contributed by atoms with van der Waals surface area (Å²) in [5, 5.41) is 17.8. The number of nitrogens with zero attached hydrogens (tertiary/aromatic N) is 2. The fourth-order valence-corrected chi connectivity index (χ4v) is 2.29. The van der Waals surface area contributed by atoms with Crippen LogP contribution in [0.25, 0.3) is 0 Å². The monoisotopic (exact) mass is 256 g/mol. The van der Waals surface area contributed by atoms with Crippen LogP contribution in [0.15, 0.2) is 52.4 Å². The Hall–Kier alpha value is -2.32. The molecule has 0 fully saturated rings. The fraction of sp³-hybridized carbons (Fsp3) is 0. The van der Waals surface area contributed by atoms with Gasteiger partial charge in [0.1, 0.15) is 11.8 Å². The summed E-state index contributed by atoms with van der Waals surface area (Å²) in [5.74, 6) is -1.06. The molecule has 0 unspecified atom stereocenters. The van der Waals surface area contributed by atoms with Gasteiger partial charge in [0.2, 0.25) is 0 Å². The average Bonchev–Trinajstić information content (AvgIpc) is 2.39. The van der Waals surface area contributed by atoms with E-state index in [0.29, 0.717) is 5.56 Å². The minimum Gasteiger partial charge on any atom is -0.477 e. The first-order valence-electron chi connectivity index (χ1n) is 5.07. The maximum Gasteiger partial charge on any atom is 0.354 e. The van der Waals surface area contributed by atoms with Crippen molar-refractivity contribution in [2.24, 2.45) is 0 Å². The number of hydrogen-bond acceptors (Lipinski definition) is 4. The summed E-state index contributed by atoms with van der Waals surface area (Å²) < 4.78 is 0. The summed E-state index contributed by atoms with van der Waals surface area (Å²) in [6.07, 6.45) is 1.45. The van der Waals surface area contributed by atoms with E-state index >= 15 is 0 Å². The number of aromatic carboxylic acids is 1. The van der Waals surface area contributed by atoms with Gasteiger partial charge in [-0.25, -0.2) is 9.78 Å². The molecule has 0 radical (unpaired) electrons. The lowest BCUT2D eigenvalue weighted by molar-refractivity contribution is 0.0690. The molecule has 5 heteroatoms. The summed E-state index contributed by atoms with van der Waals surface area (Å²) >= 11 is 1.34. The van der Waals surface area contributed by atoms with Crippen molar-refractivity contribution < 1.29 is 9.90 Å². The van der Waals surface area contributed by atoms with E-state index in [0.717, 1.165) is 9.79 Å². The van der Waals surface area contributed by atoms with Crippen molar-refractivity contribution in [1.82, 2.24) is 4.98 Å². The molecule has 2 aromatic rings. The van der Waals surface area contributed by atoms with Gasteiger partial charge < -0.3 is 5.11 Å². The highest BCUT2D eigenvalue weighted by atomic mass is 32.2. The summed E-state index contributed by atoms with van der Waals surface area (Å²) in [6, 6.07) is 12.5. The largest absolute Gasteiger partial charge is 0.477 e. The predicted molar refractivity (Wildman–Crippen MR) is 66.5 cm³/mol. The molecule has 1 heterocycles. The summed E-state index contributed by atoms with van der Waals surface area (Å²) in [4.78, 5) is 16.1. The molecule has 0 saturated heterocycles. The van der Waals surface area contributed by atoms with E-state index in [1.165, 1.54) is 24.0 Å². The smallest absolute Gasteiger partial charge is 0.354 e. The van der Waals surface area contributed by atoms with Gasteiger partial charge in [0.25, 0.3) is 0 Å². The fourth-order valence-electron chi connectivity index (χ4n) is 1.37. The zero-order chi connectivity index (χ0) is 13.0. The third-order valence-electron chi connectivity index (χ3n) is 2.19. The van der Waals surface area contributed by atoms with Gasteiger partial charge in [0.05, 0.1) is 5.56 Å². The Labute approximate surface area is 108 Å². The first-order chi connectivity index (χ1) is 8.70. The zero-order valence-corrected chi connectivity index (χ0v) is 10.0. The quantitative estimate of drug-likeness (QED) is 0.914. The van der Waals surface area contributed by atoms with Crippen molar-refractivity contribution in [3.63, 3.8) is 0 Å². The van der Waals surface area contributed by atoms with Gasteiger partial charge in [0.15, 0.2) is 0 Å². The highest BCUT2D eigenvalue weighted by Gasteiger charge is 2.07. The third kappa shape index (κ3) is 2.67.